The maximum atomic E-state index is 13.4. The Labute approximate surface area is 185 Å². The molecule has 1 N–H and O–H groups in total. The molecule has 1 aliphatic carbocycles. The monoisotopic (exact) mass is 447 g/mol. The number of hydrogen-bond donors (Lipinski definition) is 1. The molecule has 2 aromatic rings. The first-order valence-corrected chi connectivity index (χ1v) is 10.7. The summed E-state index contributed by atoms with van der Waals surface area (Å²) in [4.78, 5) is 26.7. The Morgan fingerprint density at radius 3 is 2.47 bits per heavy atom. The number of carboxylic acids is 1. The molecular formula is C23H23Cl2NO4. The molecule has 1 saturated carbocycles. The fourth-order valence-electron chi connectivity index (χ4n) is 4.20. The minimum atomic E-state index is -1.07. The van der Waals surface area contributed by atoms with E-state index in [1.165, 1.54) is 0 Å². The Morgan fingerprint density at radius 2 is 1.87 bits per heavy atom. The summed E-state index contributed by atoms with van der Waals surface area (Å²) < 4.78 is 6.22. The molecule has 7 heteroatoms. The summed E-state index contributed by atoms with van der Waals surface area (Å²) in [6.07, 6.45) is 0.108. The van der Waals surface area contributed by atoms with Crippen molar-refractivity contribution >= 4 is 35.1 Å². The van der Waals surface area contributed by atoms with Gasteiger partial charge in [0.1, 0.15) is 12.2 Å². The number of nitrogens with zero attached hydrogens (tertiary/aromatic N) is 1. The Morgan fingerprint density at radius 1 is 1.17 bits per heavy atom. The van der Waals surface area contributed by atoms with Gasteiger partial charge < -0.3 is 14.7 Å². The van der Waals surface area contributed by atoms with Gasteiger partial charge in [0.15, 0.2) is 0 Å². The third kappa shape index (κ3) is 4.07. The van der Waals surface area contributed by atoms with Gasteiger partial charge in [0.05, 0.1) is 12.0 Å². The van der Waals surface area contributed by atoms with E-state index in [0.717, 1.165) is 24.0 Å². The van der Waals surface area contributed by atoms with Crippen LogP contribution in [-0.2, 0) is 19.9 Å². The molecule has 30 heavy (non-hydrogen) atoms. The number of aliphatic carboxylic acids is 1. The summed E-state index contributed by atoms with van der Waals surface area (Å²) >= 11 is 12.4. The second-order valence-corrected chi connectivity index (χ2v) is 9.08. The van der Waals surface area contributed by atoms with Crippen molar-refractivity contribution in [3.05, 3.63) is 69.7 Å². The van der Waals surface area contributed by atoms with Crippen LogP contribution < -0.4 is 0 Å². The summed E-state index contributed by atoms with van der Waals surface area (Å²) in [7, 11) is 0. The Kier molecular flexibility index (Phi) is 5.80. The van der Waals surface area contributed by atoms with E-state index in [4.69, 9.17) is 27.9 Å². The average molecular weight is 448 g/mol. The van der Waals surface area contributed by atoms with Gasteiger partial charge in [0, 0.05) is 16.6 Å². The largest absolute Gasteiger partial charge is 0.481 e. The van der Waals surface area contributed by atoms with Crippen molar-refractivity contribution in [2.75, 3.05) is 6.54 Å². The number of amides is 1. The lowest BCUT2D eigenvalue weighted by Gasteiger charge is -2.52. The van der Waals surface area contributed by atoms with Crippen LogP contribution in [-0.4, -0.2) is 34.5 Å². The molecule has 2 fully saturated rings. The van der Waals surface area contributed by atoms with E-state index in [9.17, 15) is 14.7 Å². The zero-order chi connectivity index (χ0) is 21.5. The van der Waals surface area contributed by atoms with Gasteiger partial charge in [0.2, 0.25) is 0 Å². The molecule has 2 aliphatic rings. The van der Waals surface area contributed by atoms with Crippen LogP contribution in [0.3, 0.4) is 0 Å². The van der Waals surface area contributed by atoms with Crippen LogP contribution in [0.1, 0.15) is 43.4 Å². The van der Waals surface area contributed by atoms with E-state index in [2.05, 4.69) is 0 Å². The topological polar surface area (TPSA) is 66.8 Å². The maximum Gasteiger partial charge on any atom is 0.306 e. The molecule has 5 nitrogen and oxygen atoms in total. The lowest BCUT2D eigenvalue weighted by molar-refractivity contribution is -0.195. The van der Waals surface area contributed by atoms with E-state index in [1.54, 1.807) is 18.2 Å². The highest BCUT2D eigenvalue weighted by Gasteiger charge is 2.53. The van der Waals surface area contributed by atoms with Gasteiger partial charge in [0.25, 0.3) is 5.91 Å². The number of halogens is 2. The molecule has 0 spiro atoms. The van der Waals surface area contributed by atoms with Crippen molar-refractivity contribution in [2.24, 2.45) is 5.92 Å². The summed E-state index contributed by atoms with van der Waals surface area (Å²) in [5.41, 5.74) is 0.826. The minimum Gasteiger partial charge on any atom is -0.481 e. The SMILES string of the molecule is C[C@@]1(c2ccc(Cl)cc2)[C@H](c2cccc(Cl)c2)OC(CC(=O)O)C(=O)N1CC1CC1. The lowest BCUT2D eigenvalue weighted by Crippen LogP contribution is -2.61. The third-order valence-corrected chi connectivity index (χ3v) is 6.48. The van der Waals surface area contributed by atoms with Crippen molar-refractivity contribution in [1.82, 2.24) is 4.90 Å². The van der Waals surface area contributed by atoms with Crippen LogP contribution >= 0.6 is 23.2 Å². The predicted molar refractivity (Wildman–Crippen MR) is 115 cm³/mol. The molecule has 1 aliphatic heterocycles. The zero-order valence-corrected chi connectivity index (χ0v) is 18.1. The molecule has 2 aromatic carbocycles. The second-order valence-electron chi connectivity index (χ2n) is 8.20. The van der Waals surface area contributed by atoms with E-state index in [-0.39, 0.29) is 12.3 Å². The van der Waals surface area contributed by atoms with E-state index in [1.807, 2.05) is 42.2 Å². The average Bonchev–Trinajstić information content (AvgIpc) is 3.52. The quantitative estimate of drug-likeness (QED) is 0.671. The molecule has 158 valence electrons. The van der Waals surface area contributed by atoms with Crippen LogP contribution in [0.25, 0.3) is 0 Å². The molecule has 1 saturated heterocycles. The number of carbonyl (C=O) groups excluding carboxylic acids is 1. The smallest absolute Gasteiger partial charge is 0.306 e. The standard InChI is InChI=1S/C23H23Cl2NO4/c1-23(16-7-9-17(24)10-8-16)21(15-3-2-4-18(25)11-15)30-19(12-20(27)28)22(29)26(23)13-14-5-6-14/h2-4,7-11,14,19,21H,5-6,12-13H2,1H3,(H,27,28)/t19?,21-,23+/m0/s1. The summed E-state index contributed by atoms with van der Waals surface area (Å²) in [6.45, 7) is 2.54. The third-order valence-electron chi connectivity index (χ3n) is 5.99. The molecule has 0 bridgehead atoms. The highest BCUT2D eigenvalue weighted by molar-refractivity contribution is 6.30. The number of rotatable bonds is 6. The van der Waals surface area contributed by atoms with Crippen molar-refractivity contribution in [3.63, 3.8) is 0 Å². The van der Waals surface area contributed by atoms with E-state index >= 15 is 0 Å². The van der Waals surface area contributed by atoms with Crippen LogP contribution in [0.4, 0.5) is 0 Å². The first kappa shape index (κ1) is 21.2. The highest BCUT2D eigenvalue weighted by atomic mass is 35.5. The van der Waals surface area contributed by atoms with Gasteiger partial charge in [-0.15, -0.1) is 0 Å². The molecule has 0 aromatic heterocycles. The van der Waals surface area contributed by atoms with Gasteiger partial charge in [-0.2, -0.15) is 0 Å². The van der Waals surface area contributed by atoms with Crippen molar-refractivity contribution < 1.29 is 19.4 Å². The minimum absolute atomic E-state index is 0.292. The Balaban J connectivity index is 1.86. The lowest BCUT2D eigenvalue weighted by atomic mass is 9.78. The molecule has 4 rings (SSSR count). The Bertz CT molecular complexity index is 960. The van der Waals surface area contributed by atoms with Gasteiger partial charge >= 0.3 is 5.97 Å². The van der Waals surface area contributed by atoms with Crippen LogP contribution in [0, 0.1) is 5.92 Å². The number of ether oxygens (including phenoxy) is 1. The van der Waals surface area contributed by atoms with Crippen molar-refractivity contribution in [1.29, 1.82) is 0 Å². The first-order chi connectivity index (χ1) is 14.3. The fraction of sp³-hybridized carbons (Fsp3) is 0.391. The van der Waals surface area contributed by atoms with E-state index < -0.39 is 23.7 Å². The van der Waals surface area contributed by atoms with E-state index in [0.29, 0.717) is 22.5 Å². The molecule has 1 amide bonds. The molecule has 1 unspecified atom stereocenters. The Hall–Kier alpha value is -2.08. The second kappa shape index (κ2) is 8.22. The van der Waals surface area contributed by atoms with Crippen LogP contribution in [0.15, 0.2) is 48.5 Å². The molecule has 3 atom stereocenters. The van der Waals surface area contributed by atoms with Gasteiger partial charge in [-0.05, 0) is 61.1 Å². The predicted octanol–water partition coefficient (Wildman–Crippen LogP) is 5.06. The van der Waals surface area contributed by atoms with Gasteiger partial charge in [-0.3, -0.25) is 9.59 Å². The molecular weight excluding hydrogens is 425 g/mol. The van der Waals surface area contributed by atoms with Crippen LogP contribution in [0.2, 0.25) is 10.0 Å². The summed E-state index contributed by atoms with van der Waals surface area (Å²) in [6, 6.07) is 14.7. The fourth-order valence-corrected chi connectivity index (χ4v) is 4.52. The summed E-state index contributed by atoms with van der Waals surface area (Å²) in [5, 5.41) is 10.5. The number of morpholine rings is 1. The highest BCUT2D eigenvalue weighted by Crippen LogP contribution is 2.49. The normalized spacial score (nSPS) is 26.6. The van der Waals surface area contributed by atoms with Crippen molar-refractivity contribution in [3.8, 4) is 0 Å². The van der Waals surface area contributed by atoms with Crippen LogP contribution in [0.5, 0.6) is 0 Å². The van der Waals surface area contributed by atoms with Gasteiger partial charge in [-0.1, -0.05) is 47.5 Å². The maximum absolute atomic E-state index is 13.4. The number of benzene rings is 2. The van der Waals surface area contributed by atoms with Gasteiger partial charge in [-0.25, -0.2) is 0 Å². The molecule has 0 radical (unpaired) electrons. The zero-order valence-electron chi connectivity index (χ0n) is 16.6. The van der Waals surface area contributed by atoms with Crippen molar-refractivity contribution in [2.45, 2.75) is 43.9 Å². The number of carbonyl (C=O) groups is 2. The number of hydrogen-bond acceptors (Lipinski definition) is 3. The molecule has 1 heterocycles. The number of carboxylic acid groups (broad SMARTS) is 1. The first-order valence-electron chi connectivity index (χ1n) is 9.99. The summed E-state index contributed by atoms with van der Waals surface area (Å²) in [5.74, 6) is -0.941.